The Hall–Kier alpha value is -0.900. The Labute approximate surface area is 89.5 Å². The third kappa shape index (κ3) is 1.39. The molecule has 0 aliphatic carbocycles. The molecule has 3 heteroatoms. The summed E-state index contributed by atoms with van der Waals surface area (Å²) >= 11 is 0. The summed E-state index contributed by atoms with van der Waals surface area (Å²) in [6.45, 7) is 1.71. The second-order valence-corrected chi connectivity index (χ2v) is 4.61. The average Bonchev–Trinajstić information content (AvgIpc) is 2.59. The van der Waals surface area contributed by atoms with Gasteiger partial charge in [0.25, 0.3) is 0 Å². The molecule has 3 rings (SSSR count). The molecule has 0 amide bonds. The van der Waals surface area contributed by atoms with Crippen molar-refractivity contribution in [1.29, 1.82) is 0 Å². The maximum Gasteiger partial charge on any atom is 0.0683 e. The normalized spacial score (nSPS) is 34.9. The van der Waals surface area contributed by atoms with E-state index >= 15 is 0 Å². The van der Waals surface area contributed by atoms with E-state index in [-0.39, 0.29) is 12.1 Å². The number of nitrogens with two attached hydrogens (primary N) is 1. The summed E-state index contributed by atoms with van der Waals surface area (Å²) in [6, 6.07) is 8.73. The molecule has 0 radical (unpaired) electrons. The summed E-state index contributed by atoms with van der Waals surface area (Å²) in [4.78, 5) is 2.30. The topological polar surface area (TPSA) is 49.5 Å². The van der Waals surface area contributed by atoms with Gasteiger partial charge in [-0.3, -0.25) is 4.90 Å². The van der Waals surface area contributed by atoms with Crippen LogP contribution in [-0.2, 0) is 6.54 Å². The summed E-state index contributed by atoms with van der Waals surface area (Å²) in [6.07, 6.45) is 0.616. The largest absolute Gasteiger partial charge is 0.392 e. The zero-order chi connectivity index (χ0) is 10.4. The Bertz CT molecular complexity index is 380. The standard InChI is InChI=1S/C12H16N2O/c13-12-10-4-2-1-3-8(10)6-14-7-9(15)5-11(12)14/h1-4,9,11-12,15H,5-7,13H2. The van der Waals surface area contributed by atoms with Crippen LogP contribution in [0, 0.1) is 0 Å². The van der Waals surface area contributed by atoms with E-state index in [9.17, 15) is 5.11 Å². The van der Waals surface area contributed by atoms with Crippen LogP contribution >= 0.6 is 0 Å². The van der Waals surface area contributed by atoms with E-state index in [0.29, 0.717) is 6.04 Å². The minimum Gasteiger partial charge on any atom is -0.392 e. The maximum absolute atomic E-state index is 9.66. The lowest BCUT2D eigenvalue weighted by atomic mass is 9.90. The zero-order valence-corrected chi connectivity index (χ0v) is 8.63. The number of aliphatic hydroxyl groups excluding tert-OH is 1. The van der Waals surface area contributed by atoms with Crippen molar-refractivity contribution in [3.05, 3.63) is 35.4 Å². The first-order chi connectivity index (χ1) is 7.25. The lowest BCUT2D eigenvalue weighted by Gasteiger charge is -2.35. The highest BCUT2D eigenvalue weighted by Crippen LogP contribution is 2.35. The monoisotopic (exact) mass is 204 g/mol. The van der Waals surface area contributed by atoms with Gasteiger partial charge in [-0.2, -0.15) is 0 Å². The van der Waals surface area contributed by atoms with Gasteiger partial charge in [-0.1, -0.05) is 24.3 Å². The van der Waals surface area contributed by atoms with Gasteiger partial charge in [0, 0.05) is 25.2 Å². The minimum atomic E-state index is -0.199. The molecule has 80 valence electrons. The summed E-state index contributed by atoms with van der Waals surface area (Å²) in [5, 5.41) is 9.66. The Balaban J connectivity index is 1.99. The molecule has 1 saturated heterocycles. The molecule has 2 heterocycles. The van der Waals surface area contributed by atoms with Gasteiger partial charge in [0.1, 0.15) is 0 Å². The van der Waals surface area contributed by atoms with Crippen LogP contribution in [0.3, 0.4) is 0 Å². The van der Waals surface area contributed by atoms with Crippen LogP contribution < -0.4 is 5.73 Å². The molecule has 0 spiro atoms. The summed E-state index contributed by atoms with van der Waals surface area (Å²) in [5.41, 5.74) is 8.81. The maximum atomic E-state index is 9.66. The quantitative estimate of drug-likeness (QED) is 0.652. The second-order valence-electron chi connectivity index (χ2n) is 4.61. The molecule has 3 N–H and O–H groups in total. The van der Waals surface area contributed by atoms with E-state index in [4.69, 9.17) is 5.73 Å². The molecule has 0 saturated carbocycles. The number of hydrogen-bond acceptors (Lipinski definition) is 3. The molecule has 1 aromatic carbocycles. The molecule has 2 aliphatic heterocycles. The zero-order valence-electron chi connectivity index (χ0n) is 8.63. The fraction of sp³-hybridized carbons (Fsp3) is 0.500. The van der Waals surface area contributed by atoms with Crippen molar-refractivity contribution in [1.82, 2.24) is 4.90 Å². The Morgan fingerprint density at radius 2 is 2.13 bits per heavy atom. The third-order valence-electron chi connectivity index (χ3n) is 3.63. The van der Waals surface area contributed by atoms with Gasteiger partial charge >= 0.3 is 0 Å². The van der Waals surface area contributed by atoms with Gasteiger partial charge in [-0.25, -0.2) is 0 Å². The van der Waals surface area contributed by atoms with Crippen LogP contribution in [0.4, 0.5) is 0 Å². The molecule has 15 heavy (non-hydrogen) atoms. The Morgan fingerprint density at radius 3 is 3.00 bits per heavy atom. The average molecular weight is 204 g/mol. The lowest BCUT2D eigenvalue weighted by molar-refractivity contribution is 0.166. The van der Waals surface area contributed by atoms with E-state index in [0.717, 1.165) is 19.5 Å². The van der Waals surface area contributed by atoms with Gasteiger partial charge < -0.3 is 10.8 Å². The fourth-order valence-electron chi connectivity index (χ4n) is 2.89. The molecule has 3 unspecified atom stereocenters. The molecule has 0 bridgehead atoms. The Kier molecular flexibility index (Phi) is 2.06. The van der Waals surface area contributed by atoms with Crippen molar-refractivity contribution < 1.29 is 5.11 Å². The number of hydrogen-bond donors (Lipinski definition) is 2. The van der Waals surface area contributed by atoms with E-state index in [1.807, 2.05) is 6.07 Å². The van der Waals surface area contributed by atoms with Crippen molar-refractivity contribution in [3.63, 3.8) is 0 Å². The van der Waals surface area contributed by atoms with E-state index < -0.39 is 0 Å². The number of benzene rings is 1. The number of rotatable bonds is 0. The molecular formula is C12H16N2O. The summed E-state index contributed by atoms with van der Waals surface area (Å²) in [5.74, 6) is 0. The first kappa shape index (κ1) is 9.33. The van der Waals surface area contributed by atoms with Gasteiger partial charge in [0.2, 0.25) is 0 Å². The van der Waals surface area contributed by atoms with E-state index in [1.165, 1.54) is 11.1 Å². The molecule has 2 aliphatic rings. The van der Waals surface area contributed by atoms with Crippen LogP contribution in [0.15, 0.2) is 24.3 Å². The second kappa shape index (κ2) is 3.30. The van der Waals surface area contributed by atoms with E-state index in [1.54, 1.807) is 0 Å². The van der Waals surface area contributed by atoms with Crippen molar-refractivity contribution in [3.8, 4) is 0 Å². The van der Waals surface area contributed by atoms with E-state index in [2.05, 4.69) is 23.1 Å². The van der Waals surface area contributed by atoms with Gasteiger partial charge in [-0.15, -0.1) is 0 Å². The van der Waals surface area contributed by atoms with Gasteiger partial charge in [0.15, 0.2) is 0 Å². The highest BCUT2D eigenvalue weighted by molar-refractivity contribution is 5.33. The predicted molar refractivity (Wildman–Crippen MR) is 58.2 cm³/mol. The Morgan fingerprint density at radius 1 is 1.33 bits per heavy atom. The lowest BCUT2D eigenvalue weighted by Crippen LogP contribution is -2.42. The molecule has 3 nitrogen and oxygen atoms in total. The predicted octanol–water partition coefficient (Wildman–Crippen LogP) is 0.635. The SMILES string of the molecule is NC1c2ccccc2CN2CC(O)CC12. The molecule has 1 aromatic rings. The van der Waals surface area contributed by atoms with Crippen LogP contribution in [0.1, 0.15) is 23.6 Å². The molecular weight excluding hydrogens is 188 g/mol. The van der Waals surface area contributed by atoms with Crippen LogP contribution in [0.25, 0.3) is 0 Å². The highest BCUT2D eigenvalue weighted by Gasteiger charge is 2.39. The first-order valence-corrected chi connectivity index (χ1v) is 5.51. The molecule has 1 fully saturated rings. The van der Waals surface area contributed by atoms with Crippen molar-refractivity contribution >= 4 is 0 Å². The summed E-state index contributed by atoms with van der Waals surface area (Å²) < 4.78 is 0. The summed E-state index contributed by atoms with van der Waals surface area (Å²) in [7, 11) is 0. The van der Waals surface area contributed by atoms with Crippen molar-refractivity contribution in [2.24, 2.45) is 5.73 Å². The fourth-order valence-corrected chi connectivity index (χ4v) is 2.89. The van der Waals surface area contributed by atoms with Gasteiger partial charge in [0.05, 0.1) is 6.10 Å². The van der Waals surface area contributed by atoms with Crippen molar-refractivity contribution in [2.45, 2.75) is 31.2 Å². The number of fused-ring (bicyclic) bond motifs is 2. The van der Waals surface area contributed by atoms with Gasteiger partial charge in [-0.05, 0) is 17.5 Å². The number of aliphatic hydroxyl groups is 1. The molecule has 3 atom stereocenters. The van der Waals surface area contributed by atoms with Crippen molar-refractivity contribution in [2.75, 3.05) is 6.54 Å². The minimum absolute atomic E-state index is 0.0621. The number of nitrogens with zero attached hydrogens (tertiary/aromatic N) is 1. The van der Waals surface area contributed by atoms with Crippen LogP contribution in [-0.4, -0.2) is 28.7 Å². The molecule has 0 aromatic heterocycles. The van der Waals surface area contributed by atoms with Crippen LogP contribution in [0.5, 0.6) is 0 Å². The third-order valence-corrected chi connectivity index (χ3v) is 3.63. The smallest absolute Gasteiger partial charge is 0.0683 e. The highest BCUT2D eigenvalue weighted by atomic mass is 16.3. The first-order valence-electron chi connectivity index (χ1n) is 5.51. The van der Waals surface area contributed by atoms with Crippen LogP contribution in [0.2, 0.25) is 0 Å².